The Hall–Kier alpha value is -3.92. The molecular weight excluding hydrogens is 456 g/mol. The molecule has 0 amide bonds. The number of nitrogens with one attached hydrogen (secondary N) is 2. The number of aromatic hydroxyl groups is 1. The van der Waals surface area contributed by atoms with E-state index in [1.54, 1.807) is 36.4 Å². The maximum absolute atomic E-state index is 13.2. The number of hydrogen-bond acceptors (Lipinski definition) is 8. The van der Waals surface area contributed by atoms with Crippen LogP contribution < -0.4 is 10.9 Å². The van der Waals surface area contributed by atoms with Gasteiger partial charge < -0.3 is 15.4 Å². The largest absolute Gasteiger partial charge is 0.508 e. The Balaban J connectivity index is 1.50. The van der Waals surface area contributed by atoms with Gasteiger partial charge in [-0.15, -0.1) is 0 Å². The summed E-state index contributed by atoms with van der Waals surface area (Å²) in [4.78, 5) is 44.0. The molecule has 5 rings (SSSR count). The maximum Gasteiger partial charge on any atom is 0.269 e. The number of hydrogen-bond donors (Lipinski definition) is 3. The van der Waals surface area contributed by atoms with Crippen LogP contribution in [0.5, 0.6) is 5.75 Å². The number of phenols is 1. The zero-order valence-electron chi connectivity index (χ0n) is 17.9. The molecule has 0 spiro atoms. The third kappa shape index (κ3) is 4.08. The highest BCUT2D eigenvalue weighted by Crippen LogP contribution is 2.43. The molecular formula is C24H20N4O5S. The molecule has 3 N–H and O–H groups in total. The molecule has 1 aliphatic carbocycles. The van der Waals surface area contributed by atoms with Crippen molar-refractivity contribution in [2.45, 2.75) is 36.1 Å². The first kappa shape index (κ1) is 21.9. The third-order valence-electron chi connectivity index (χ3n) is 5.99. The van der Waals surface area contributed by atoms with Crippen molar-refractivity contribution < 1.29 is 14.8 Å². The second kappa shape index (κ2) is 8.79. The summed E-state index contributed by atoms with van der Waals surface area (Å²) in [5.41, 5.74) is 3.01. The number of H-pyrrole nitrogens is 1. The summed E-state index contributed by atoms with van der Waals surface area (Å²) in [5.74, 6) is 0.430. The summed E-state index contributed by atoms with van der Waals surface area (Å²) in [6.45, 7) is 0. The molecule has 10 heteroatoms. The molecule has 0 radical (unpaired) electrons. The van der Waals surface area contributed by atoms with E-state index in [0.29, 0.717) is 40.7 Å². The molecule has 1 atom stereocenters. The van der Waals surface area contributed by atoms with Crippen LogP contribution in [0.15, 0.2) is 69.8 Å². The highest BCUT2D eigenvalue weighted by molar-refractivity contribution is 7.98. The van der Waals surface area contributed by atoms with Crippen LogP contribution in [0, 0.1) is 10.1 Å². The highest BCUT2D eigenvalue weighted by Gasteiger charge is 2.37. The number of carbonyl (C=O) groups excluding carboxylic acids is 1. The standard InChI is InChI=1S/C24H20N4O5S/c29-16-10-6-14(7-11-16)19-20-17(2-1-3-18(20)30)25-22-21(19)23(31)27-24(26-22)34-12-13-4-8-15(9-5-13)28(32)33/h4-11,19,29H,1-3,12H2,(H2,25,26,27,31)/t19-/m0/s1. The average molecular weight is 477 g/mol. The van der Waals surface area contributed by atoms with Crippen LogP contribution >= 0.6 is 11.8 Å². The van der Waals surface area contributed by atoms with Crippen molar-refractivity contribution in [3.8, 4) is 5.75 Å². The summed E-state index contributed by atoms with van der Waals surface area (Å²) in [6, 6.07) is 12.8. The minimum Gasteiger partial charge on any atom is -0.508 e. The second-order valence-electron chi connectivity index (χ2n) is 8.16. The Kier molecular flexibility index (Phi) is 5.66. The predicted octanol–water partition coefficient (Wildman–Crippen LogP) is 4.24. The van der Waals surface area contributed by atoms with Crippen molar-refractivity contribution >= 4 is 29.1 Å². The minimum atomic E-state index is -0.565. The molecule has 9 nitrogen and oxygen atoms in total. The SMILES string of the molecule is O=C1CCCC2=C1[C@H](c1ccc(O)cc1)c1c(nc(SCc3ccc([N+](=O)[O-])cc3)[nH]c1=O)N2. The molecule has 34 heavy (non-hydrogen) atoms. The normalized spacial score (nSPS) is 17.1. The van der Waals surface area contributed by atoms with Crippen LogP contribution in [0.3, 0.4) is 0 Å². The maximum atomic E-state index is 13.2. The lowest BCUT2D eigenvalue weighted by molar-refractivity contribution is -0.384. The van der Waals surface area contributed by atoms with Gasteiger partial charge in [0.05, 0.1) is 10.5 Å². The molecule has 2 heterocycles. The zero-order chi connectivity index (χ0) is 23.8. The van der Waals surface area contributed by atoms with E-state index in [1.807, 2.05) is 0 Å². The predicted molar refractivity (Wildman–Crippen MR) is 127 cm³/mol. The number of phenolic OH excluding ortho intramolecular Hbond substituents is 1. The number of ketones is 1. The summed E-state index contributed by atoms with van der Waals surface area (Å²) in [6.07, 6.45) is 1.85. The lowest BCUT2D eigenvalue weighted by Crippen LogP contribution is -2.32. The number of thioether (sulfide) groups is 1. The number of Topliss-reactive ketones (excluding diaryl/α,β-unsaturated/α-hetero) is 1. The van der Waals surface area contributed by atoms with E-state index in [1.165, 1.54) is 23.9 Å². The number of fused-ring (bicyclic) bond motifs is 1. The van der Waals surface area contributed by atoms with Crippen LogP contribution in [-0.2, 0) is 10.5 Å². The number of anilines is 1. The van der Waals surface area contributed by atoms with Crippen LogP contribution in [-0.4, -0.2) is 25.8 Å². The summed E-state index contributed by atoms with van der Waals surface area (Å²) in [7, 11) is 0. The summed E-state index contributed by atoms with van der Waals surface area (Å²) >= 11 is 1.31. The fourth-order valence-electron chi connectivity index (χ4n) is 4.37. The number of nitrogens with zero attached hydrogens (tertiary/aromatic N) is 2. The Labute approximate surface area is 198 Å². The van der Waals surface area contributed by atoms with Crippen molar-refractivity contribution in [3.63, 3.8) is 0 Å². The van der Waals surface area contributed by atoms with Gasteiger partial charge in [0.15, 0.2) is 10.9 Å². The van der Waals surface area contributed by atoms with Crippen molar-refractivity contribution in [3.05, 3.63) is 97.0 Å². The Morgan fingerprint density at radius 1 is 1.09 bits per heavy atom. The number of aromatic amines is 1. The van der Waals surface area contributed by atoms with Crippen LogP contribution in [0.4, 0.5) is 11.5 Å². The fourth-order valence-corrected chi connectivity index (χ4v) is 5.19. The van der Waals surface area contributed by atoms with Gasteiger partial charge in [0.25, 0.3) is 11.2 Å². The van der Waals surface area contributed by atoms with E-state index in [2.05, 4.69) is 15.3 Å². The number of nitro benzene ring substituents is 1. The van der Waals surface area contributed by atoms with Gasteiger partial charge in [-0.05, 0) is 36.1 Å². The fraction of sp³-hybridized carbons (Fsp3) is 0.208. The van der Waals surface area contributed by atoms with Crippen molar-refractivity contribution in [2.24, 2.45) is 0 Å². The van der Waals surface area contributed by atoms with E-state index < -0.39 is 10.8 Å². The molecule has 0 fully saturated rings. The smallest absolute Gasteiger partial charge is 0.269 e. The quantitative estimate of drug-likeness (QED) is 0.215. The zero-order valence-corrected chi connectivity index (χ0v) is 18.7. The minimum absolute atomic E-state index is 0.00787. The van der Waals surface area contributed by atoms with Crippen molar-refractivity contribution in [1.82, 2.24) is 9.97 Å². The van der Waals surface area contributed by atoms with Gasteiger partial charge in [0.2, 0.25) is 0 Å². The number of aromatic nitrogens is 2. The van der Waals surface area contributed by atoms with Crippen molar-refractivity contribution in [1.29, 1.82) is 0 Å². The number of carbonyl (C=O) groups is 1. The van der Waals surface area contributed by atoms with E-state index >= 15 is 0 Å². The van der Waals surface area contributed by atoms with E-state index in [4.69, 9.17) is 0 Å². The monoisotopic (exact) mass is 476 g/mol. The molecule has 0 bridgehead atoms. The molecule has 0 saturated carbocycles. The van der Waals surface area contributed by atoms with Gasteiger partial charge >= 0.3 is 0 Å². The number of benzene rings is 2. The van der Waals surface area contributed by atoms with Crippen LogP contribution in [0.25, 0.3) is 0 Å². The van der Waals surface area contributed by atoms with Gasteiger partial charge in [-0.25, -0.2) is 4.98 Å². The van der Waals surface area contributed by atoms with E-state index in [0.717, 1.165) is 23.2 Å². The number of rotatable bonds is 5. The molecule has 3 aromatic rings. The lowest BCUT2D eigenvalue weighted by atomic mass is 9.76. The first-order chi connectivity index (χ1) is 16.4. The molecule has 0 unspecified atom stereocenters. The van der Waals surface area contributed by atoms with Crippen LogP contribution in [0.2, 0.25) is 0 Å². The third-order valence-corrected chi connectivity index (χ3v) is 6.93. The lowest BCUT2D eigenvalue weighted by Gasteiger charge is -2.32. The second-order valence-corrected chi connectivity index (χ2v) is 9.13. The van der Waals surface area contributed by atoms with E-state index in [-0.39, 0.29) is 22.8 Å². The molecule has 1 aliphatic heterocycles. The van der Waals surface area contributed by atoms with Gasteiger partial charge in [-0.1, -0.05) is 36.0 Å². The van der Waals surface area contributed by atoms with Crippen LogP contribution in [0.1, 0.15) is 41.9 Å². The van der Waals surface area contributed by atoms with Gasteiger partial charge in [0.1, 0.15) is 11.6 Å². The van der Waals surface area contributed by atoms with Gasteiger partial charge in [-0.2, -0.15) is 0 Å². The van der Waals surface area contributed by atoms with Gasteiger partial charge in [0, 0.05) is 41.5 Å². The Morgan fingerprint density at radius 2 is 1.82 bits per heavy atom. The topological polar surface area (TPSA) is 138 Å². The first-order valence-corrected chi connectivity index (χ1v) is 11.7. The molecule has 1 aromatic heterocycles. The Bertz CT molecular complexity index is 1380. The summed E-state index contributed by atoms with van der Waals surface area (Å²) in [5, 5.41) is 24.2. The number of non-ortho nitro benzene ring substituents is 1. The molecule has 2 aromatic carbocycles. The molecule has 172 valence electrons. The average Bonchev–Trinajstić information content (AvgIpc) is 2.82. The van der Waals surface area contributed by atoms with Crippen molar-refractivity contribution in [2.75, 3.05) is 5.32 Å². The number of allylic oxidation sites excluding steroid dienone is 2. The first-order valence-electron chi connectivity index (χ1n) is 10.7. The van der Waals surface area contributed by atoms with Gasteiger partial charge in [-0.3, -0.25) is 19.7 Å². The Morgan fingerprint density at radius 3 is 2.53 bits per heavy atom. The van der Waals surface area contributed by atoms with E-state index in [9.17, 15) is 24.8 Å². The summed E-state index contributed by atoms with van der Waals surface area (Å²) < 4.78 is 0. The molecule has 0 saturated heterocycles. The highest BCUT2D eigenvalue weighted by atomic mass is 32.2. The number of nitro groups is 1. The molecule has 2 aliphatic rings.